The Kier molecular flexibility index (Phi) is 4.49. The van der Waals surface area contributed by atoms with Gasteiger partial charge < -0.3 is 4.90 Å². The van der Waals surface area contributed by atoms with Gasteiger partial charge in [-0.15, -0.1) is 0 Å². The van der Waals surface area contributed by atoms with Crippen molar-refractivity contribution in [1.29, 1.82) is 0 Å². The van der Waals surface area contributed by atoms with Crippen molar-refractivity contribution in [2.24, 2.45) is 0 Å². The zero-order valence-corrected chi connectivity index (χ0v) is 16.4. The van der Waals surface area contributed by atoms with Crippen LogP contribution in [0.2, 0.25) is 0 Å². The highest BCUT2D eigenvalue weighted by molar-refractivity contribution is 5.91. The van der Waals surface area contributed by atoms with E-state index in [0.717, 1.165) is 31.2 Å². The van der Waals surface area contributed by atoms with Crippen molar-refractivity contribution >= 4 is 5.91 Å². The molecule has 0 spiro atoms. The molecule has 3 heterocycles. The van der Waals surface area contributed by atoms with Crippen LogP contribution in [0.5, 0.6) is 0 Å². The van der Waals surface area contributed by atoms with Crippen LogP contribution in [0, 0.1) is 5.82 Å². The van der Waals surface area contributed by atoms with Gasteiger partial charge in [0.1, 0.15) is 12.1 Å². The quantitative estimate of drug-likeness (QED) is 0.651. The number of carbonyl (C=O) groups is 1. The van der Waals surface area contributed by atoms with Crippen molar-refractivity contribution < 1.29 is 9.18 Å². The first-order chi connectivity index (χ1) is 14.6. The molecule has 0 bridgehead atoms. The second-order valence-electron chi connectivity index (χ2n) is 8.07. The summed E-state index contributed by atoms with van der Waals surface area (Å²) in [6.07, 6.45) is 8.31. The van der Waals surface area contributed by atoms with Crippen LogP contribution < -0.4 is 5.56 Å². The molecule has 2 aliphatic rings. The van der Waals surface area contributed by atoms with Crippen molar-refractivity contribution in [3.05, 3.63) is 76.9 Å². The molecule has 1 aliphatic carbocycles. The van der Waals surface area contributed by atoms with Gasteiger partial charge in [-0.25, -0.2) is 14.1 Å². The van der Waals surface area contributed by atoms with Gasteiger partial charge in [-0.05, 0) is 49.4 Å². The first-order valence-electron chi connectivity index (χ1n) is 10.2. The van der Waals surface area contributed by atoms with E-state index in [-0.39, 0.29) is 23.3 Å². The lowest BCUT2D eigenvalue weighted by atomic mass is 9.94. The van der Waals surface area contributed by atoms with E-state index in [0.29, 0.717) is 18.9 Å². The van der Waals surface area contributed by atoms with Gasteiger partial charge in [-0.1, -0.05) is 12.1 Å². The second-order valence-corrected chi connectivity index (χ2v) is 8.07. The van der Waals surface area contributed by atoms with E-state index >= 15 is 0 Å². The third-order valence-electron chi connectivity index (χ3n) is 6.20. The Bertz CT molecular complexity index is 1120. The number of nitrogens with zero attached hydrogens (tertiary/aromatic N) is 5. The summed E-state index contributed by atoms with van der Waals surface area (Å²) >= 11 is 0. The highest BCUT2D eigenvalue weighted by Crippen LogP contribution is 2.50. The second kappa shape index (κ2) is 7.19. The van der Waals surface area contributed by atoms with E-state index in [4.69, 9.17) is 0 Å². The third-order valence-corrected chi connectivity index (χ3v) is 6.20. The Morgan fingerprint density at radius 3 is 2.67 bits per heavy atom. The number of likely N-dealkylation sites (tertiary alicyclic amines) is 1. The van der Waals surface area contributed by atoms with E-state index in [1.54, 1.807) is 41.5 Å². The molecule has 1 saturated heterocycles. The van der Waals surface area contributed by atoms with Gasteiger partial charge in [-0.3, -0.25) is 14.2 Å². The number of benzene rings is 1. The minimum absolute atomic E-state index is 0.0791. The van der Waals surface area contributed by atoms with E-state index in [1.165, 1.54) is 22.9 Å². The first-order valence-corrected chi connectivity index (χ1v) is 10.2. The molecule has 1 unspecified atom stereocenters. The summed E-state index contributed by atoms with van der Waals surface area (Å²) in [7, 11) is 0. The van der Waals surface area contributed by atoms with Crippen LogP contribution >= 0.6 is 0 Å². The molecular weight excluding hydrogens is 385 g/mol. The van der Waals surface area contributed by atoms with Crippen LogP contribution in [0.15, 0.2) is 59.9 Å². The van der Waals surface area contributed by atoms with E-state index in [1.807, 2.05) is 4.90 Å². The number of amides is 1. The number of carbonyl (C=O) groups excluding carboxylic acids is 1. The fourth-order valence-electron chi connectivity index (χ4n) is 4.39. The standard InChI is InChI=1S/C22H22FN5O2/c23-17-5-3-16(4-6-17)22(9-10-22)21(30)27-12-1-2-18(27)14-28-20(29)8-7-19(25-28)26-13-11-24-15-26/h3-8,11,13,15,18H,1-2,9-10,12,14H2. The Morgan fingerprint density at radius 1 is 1.17 bits per heavy atom. The fraction of sp³-hybridized carbons (Fsp3) is 0.364. The fourth-order valence-corrected chi connectivity index (χ4v) is 4.39. The van der Waals surface area contributed by atoms with Crippen LogP contribution in [0.3, 0.4) is 0 Å². The molecule has 154 valence electrons. The Labute approximate surface area is 172 Å². The van der Waals surface area contributed by atoms with Crippen LogP contribution in [0.4, 0.5) is 4.39 Å². The lowest BCUT2D eigenvalue weighted by molar-refractivity contribution is -0.135. The van der Waals surface area contributed by atoms with Crippen LogP contribution in [-0.2, 0) is 16.8 Å². The number of aromatic nitrogens is 4. The van der Waals surface area contributed by atoms with Crippen LogP contribution in [0.25, 0.3) is 5.82 Å². The Balaban J connectivity index is 1.38. The van der Waals surface area contributed by atoms with Gasteiger partial charge in [-0.2, -0.15) is 5.10 Å². The van der Waals surface area contributed by atoms with E-state index in [9.17, 15) is 14.0 Å². The number of hydrogen-bond acceptors (Lipinski definition) is 4. The van der Waals surface area contributed by atoms with Crippen molar-refractivity contribution in [3.63, 3.8) is 0 Å². The maximum absolute atomic E-state index is 13.5. The molecule has 0 N–H and O–H groups in total. The Morgan fingerprint density at radius 2 is 1.97 bits per heavy atom. The summed E-state index contributed by atoms with van der Waals surface area (Å²) in [6, 6.07) is 9.32. The molecule has 1 amide bonds. The molecule has 1 aliphatic heterocycles. The lowest BCUT2D eigenvalue weighted by Gasteiger charge is -2.29. The predicted octanol–water partition coefficient (Wildman–Crippen LogP) is 2.29. The van der Waals surface area contributed by atoms with Gasteiger partial charge in [0.05, 0.1) is 18.0 Å². The molecule has 2 aromatic heterocycles. The van der Waals surface area contributed by atoms with Crippen molar-refractivity contribution in [2.75, 3.05) is 6.54 Å². The highest BCUT2D eigenvalue weighted by atomic mass is 19.1. The molecule has 1 saturated carbocycles. The van der Waals surface area contributed by atoms with E-state index < -0.39 is 5.41 Å². The molecule has 7 nitrogen and oxygen atoms in total. The molecule has 0 radical (unpaired) electrons. The normalized spacial score (nSPS) is 19.8. The highest BCUT2D eigenvalue weighted by Gasteiger charge is 2.54. The molecular formula is C22H22FN5O2. The van der Waals surface area contributed by atoms with Crippen molar-refractivity contribution in [3.8, 4) is 5.82 Å². The summed E-state index contributed by atoms with van der Waals surface area (Å²) in [5.41, 5.74) is 0.127. The van der Waals surface area contributed by atoms with Gasteiger partial charge in [0.2, 0.25) is 5.91 Å². The molecule has 3 aromatic rings. The monoisotopic (exact) mass is 407 g/mol. The first kappa shape index (κ1) is 18.7. The number of halogens is 1. The molecule has 2 fully saturated rings. The number of hydrogen-bond donors (Lipinski definition) is 0. The number of rotatable bonds is 5. The summed E-state index contributed by atoms with van der Waals surface area (Å²) in [5, 5.41) is 4.47. The molecule has 1 atom stereocenters. The van der Waals surface area contributed by atoms with Gasteiger partial charge >= 0.3 is 0 Å². The minimum atomic E-state index is -0.548. The molecule has 8 heteroatoms. The average molecular weight is 407 g/mol. The lowest BCUT2D eigenvalue weighted by Crippen LogP contribution is -2.45. The van der Waals surface area contributed by atoms with Crippen LogP contribution in [-0.4, -0.2) is 42.7 Å². The summed E-state index contributed by atoms with van der Waals surface area (Å²) in [5.74, 6) is 0.382. The predicted molar refractivity (Wildman–Crippen MR) is 108 cm³/mol. The minimum Gasteiger partial charge on any atom is -0.337 e. The SMILES string of the molecule is O=C(N1CCCC1Cn1nc(-n2ccnc2)ccc1=O)C1(c2ccc(F)cc2)CC1. The maximum atomic E-state index is 13.5. The topological polar surface area (TPSA) is 73.0 Å². The van der Waals surface area contributed by atoms with E-state index in [2.05, 4.69) is 10.1 Å². The van der Waals surface area contributed by atoms with Crippen LogP contribution in [0.1, 0.15) is 31.2 Å². The summed E-state index contributed by atoms with van der Waals surface area (Å²) in [4.78, 5) is 31.8. The summed E-state index contributed by atoms with van der Waals surface area (Å²) in [6.45, 7) is 1.02. The maximum Gasteiger partial charge on any atom is 0.266 e. The largest absolute Gasteiger partial charge is 0.337 e. The van der Waals surface area contributed by atoms with Gasteiger partial charge in [0, 0.05) is 25.0 Å². The van der Waals surface area contributed by atoms with Crippen molar-refractivity contribution in [1.82, 2.24) is 24.2 Å². The van der Waals surface area contributed by atoms with Gasteiger partial charge in [0.15, 0.2) is 5.82 Å². The zero-order chi connectivity index (χ0) is 20.7. The Hall–Kier alpha value is -3.29. The molecule has 5 rings (SSSR count). The number of imidazole rings is 1. The average Bonchev–Trinajstić information content (AvgIpc) is 3.15. The molecule has 30 heavy (non-hydrogen) atoms. The summed E-state index contributed by atoms with van der Waals surface area (Å²) < 4.78 is 16.5. The van der Waals surface area contributed by atoms with Crippen molar-refractivity contribution in [2.45, 2.75) is 43.7 Å². The molecule has 1 aromatic carbocycles. The third kappa shape index (κ3) is 3.22. The van der Waals surface area contributed by atoms with Gasteiger partial charge in [0.25, 0.3) is 5.56 Å². The smallest absolute Gasteiger partial charge is 0.266 e. The zero-order valence-electron chi connectivity index (χ0n) is 16.4.